The summed E-state index contributed by atoms with van der Waals surface area (Å²) in [6.45, 7) is 16.4. The molecule has 0 rings (SSSR count). The van der Waals surface area contributed by atoms with Crippen molar-refractivity contribution in [1.82, 2.24) is 0 Å². The van der Waals surface area contributed by atoms with Crippen molar-refractivity contribution in [3.8, 4) is 0 Å². The predicted molar refractivity (Wildman–Crippen MR) is 92.3 cm³/mol. The summed E-state index contributed by atoms with van der Waals surface area (Å²) in [6.07, 6.45) is 1.71. The van der Waals surface area contributed by atoms with Crippen LogP contribution in [0.15, 0.2) is 11.6 Å². The van der Waals surface area contributed by atoms with E-state index in [0.29, 0.717) is 6.42 Å². The number of carboxylic acids is 1. The Bertz CT molecular complexity index is 403. The monoisotopic (exact) mass is 328 g/mol. The zero-order valence-electron chi connectivity index (χ0n) is 15.3. The van der Waals surface area contributed by atoms with Crippen molar-refractivity contribution in [2.24, 2.45) is 5.92 Å². The van der Waals surface area contributed by atoms with Crippen molar-refractivity contribution in [3.63, 3.8) is 0 Å². The summed E-state index contributed by atoms with van der Waals surface area (Å²) in [5.74, 6) is -1.67. The van der Waals surface area contributed by atoms with Crippen molar-refractivity contribution in [1.29, 1.82) is 0 Å². The first-order valence-corrected chi connectivity index (χ1v) is 10.3. The lowest BCUT2D eigenvalue weighted by Gasteiger charge is -2.41. The summed E-state index contributed by atoms with van der Waals surface area (Å²) in [4.78, 5) is 23.7. The van der Waals surface area contributed by atoms with Gasteiger partial charge < -0.3 is 9.53 Å². The lowest BCUT2D eigenvalue weighted by atomic mass is 9.98. The van der Waals surface area contributed by atoms with E-state index in [1.165, 1.54) is 0 Å². The standard InChI is InChI=1S/C17H32O4Si/c1-9-14(8)15(10-16(18)19)17(20)21-22(11(2)3,12(4)5)13(6)7/h10-14H,9H2,1-8H3,(H,18,19)/b15-10-. The third kappa shape index (κ3) is 4.70. The number of hydrogen-bond donors (Lipinski definition) is 1. The fourth-order valence-electron chi connectivity index (χ4n) is 3.33. The normalized spacial score (nSPS) is 14.6. The second kappa shape index (κ2) is 8.51. The quantitative estimate of drug-likeness (QED) is 0.515. The van der Waals surface area contributed by atoms with E-state index in [-0.39, 0.29) is 28.1 Å². The summed E-state index contributed by atoms with van der Waals surface area (Å²) in [5.41, 5.74) is 1.10. The zero-order valence-corrected chi connectivity index (χ0v) is 16.3. The molecule has 0 heterocycles. The lowest BCUT2D eigenvalue weighted by Crippen LogP contribution is -2.49. The fourth-order valence-corrected chi connectivity index (χ4v) is 8.47. The SMILES string of the molecule is CCC(C)/C(=C/C(=O)O)C(=O)O[Si](C(C)C)(C(C)C)C(C)C. The Morgan fingerprint density at radius 3 is 1.68 bits per heavy atom. The van der Waals surface area contributed by atoms with Gasteiger partial charge in [0.25, 0.3) is 8.32 Å². The van der Waals surface area contributed by atoms with E-state index >= 15 is 0 Å². The van der Waals surface area contributed by atoms with Crippen LogP contribution in [0.2, 0.25) is 16.6 Å². The van der Waals surface area contributed by atoms with Gasteiger partial charge in [0.05, 0.1) is 0 Å². The van der Waals surface area contributed by atoms with Crippen LogP contribution >= 0.6 is 0 Å². The maximum absolute atomic E-state index is 12.7. The molecule has 0 aliphatic rings. The molecule has 0 aromatic heterocycles. The average molecular weight is 329 g/mol. The number of aliphatic carboxylic acids is 1. The first-order chi connectivity index (χ1) is 10.00. The molecule has 0 spiro atoms. The van der Waals surface area contributed by atoms with E-state index in [0.717, 1.165) is 6.08 Å². The van der Waals surface area contributed by atoms with Crippen LogP contribution in [0.5, 0.6) is 0 Å². The third-order valence-electron chi connectivity index (χ3n) is 4.63. The highest BCUT2D eigenvalue weighted by Gasteiger charge is 2.48. The van der Waals surface area contributed by atoms with Gasteiger partial charge in [-0.1, -0.05) is 55.4 Å². The second-order valence-electron chi connectivity index (χ2n) is 6.95. The van der Waals surface area contributed by atoms with Gasteiger partial charge in [-0.2, -0.15) is 0 Å². The summed E-state index contributed by atoms with van der Waals surface area (Å²) in [7, 11) is -2.35. The van der Waals surface area contributed by atoms with E-state index in [4.69, 9.17) is 9.53 Å². The molecule has 0 radical (unpaired) electrons. The molecule has 22 heavy (non-hydrogen) atoms. The van der Waals surface area contributed by atoms with Crippen LogP contribution in [0.4, 0.5) is 0 Å². The molecule has 0 aromatic carbocycles. The molecule has 0 aromatic rings. The molecule has 0 saturated carbocycles. The van der Waals surface area contributed by atoms with E-state index in [2.05, 4.69) is 41.5 Å². The molecule has 0 aliphatic heterocycles. The Balaban J connectivity index is 5.71. The van der Waals surface area contributed by atoms with Crippen LogP contribution in [0.1, 0.15) is 61.8 Å². The smallest absolute Gasteiger partial charge is 0.328 e. The minimum atomic E-state index is -2.35. The molecule has 1 N–H and O–H groups in total. The maximum Gasteiger partial charge on any atom is 0.328 e. The van der Waals surface area contributed by atoms with Gasteiger partial charge in [-0.15, -0.1) is 0 Å². The van der Waals surface area contributed by atoms with Gasteiger partial charge in [0.1, 0.15) is 0 Å². The average Bonchev–Trinajstić information content (AvgIpc) is 2.39. The van der Waals surface area contributed by atoms with Gasteiger partial charge >= 0.3 is 11.9 Å². The Morgan fingerprint density at radius 2 is 1.41 bits per heavy atom. The minimum Gasteiger partial charge on any atom is -0.515 e. The Labute approximate surface area is 136 Å². The summed E-state index contributed by atoms with van der Waals surface area (Å²) in [6, 6.07) is 0. The molecule has 4 nitrogen and oxygen atoms in total. The van der Waals surface area contributed by atoms with Crippen molar-refractivity contribution < 1.29 is 19.1 Å². The summed E-state index contributed by atoms with van der Waals surface area (Å²) in [5, 5.41) is 9.03. The largest absolute Gasteiger partial charge is 0.515 e. The molecule has 0 bridgehead atoms. The summed E-state index contributed by atoms with van der Waals surface area (Å²) < 4.78 is 6.08. The van der Waals surface area contributed by atoms with Crippen LogP contribution < -0.4 is 0 Å². The molecule has 1 atom stereocenters. The first kappa shape index (κ1) is 20.9. The fraction of sp³-hybridized carbons (Fsp3) is 0.765. The van der Waals surface area contributed by atoms with Gasteiger partial charge in [-0.05, 0) is 29.0 Å². The number of hydrogen-bond acceptors (Lipinski definition) is 3. The Kier molecular flexibility index (Phi) is 8.08. The van der Waals surface area contributed by atoms with Gasteiger partial charge in [0, 0.05) is 11.6 Å². The van der Waals surface area contributed by atoms with Gasteiger partial charge in [0.15, 0.2) is 0 Å². The number of carboxylic acid groups (broad SMARTS) is 1. The third-order valence-corrected chi connectivity index (χ3v) is 10.6. The highest BCUT2D eigenvalue weighted by atomic mass is 28.4. The molecule has 128 valence electrons. The topological polar surface area (TPSA) is 63.6 Å². The Hall–Kier alpha value is -1.10. The molecular formula is C17H32O4Si. The molecule has 5 heteroatoms. The second-order valence-corrected chi connectivity index (χ2v) is 12.3. The molecule has 0 saturated heterocycles. The molecular weight excluding hydrogens is 296 g/mol. The van der Waals surface area contributed by atoms with Crippen molar-refractivity contribution in [3.05, 3.63) is 11.6 Å². The number of carbonyl (C=O) groups excluding carboxylic acids is 1. The Morgan fingerprint density at radius 1 is 1.00 bits per heavy atom. The van der Waals surface area contributed by atoms with E-state index < -0.39 is 20.3 Å². The van der Waals surface area contributed by atoms with Gasteiger partial charge in [-0.25, -0.2) is 9.59 Å². The van der Waals surface area contributed by atoms with Crippen LogP contribution in [-0.4, -0.2) is 25.4 Å². The molecule has 0 fully saturated rings. The molecule has 0 amide bonds. The van der Waals surface area contributed by atoms with E-state index in [1.54, 1.807) is 0 Å². The zero-order chi connectivity index (χ0) is 17.7. The van der Waals surface area contributed by atoms with Crippen LogP contribution in [0, 0.1) is 5.92 Å². The minimum absolute atomic E-state index is 0.123. The molecule has 1 unspecified atom stereocenters. The molecule has 0 aliphatic carbocycles. The van der Waals surface area contributed by atoms with E-state index in [9.17, 15) is 9.59 Å². The van der Waals surface area contributed by atoms with Crippen molar-refractivity contribution in [2.75, 3.05) is 0 Å². The van der Waals surface area contributed by atoms with Gasteiger partial charge in [0.2, 0.25) is 0 Å². The summed E-state index contributed by atoms with van der Waals surface area (Å²) >= 11 is 0. The number of carbonyl (C=O) groups is 2. The number of rotatable bonds is 8. The van der Waals surface area contributed by atoms with E-state index in [1.807, 2.05) is 13.8 Å². The first-order valence-electron chi connectivity index (χ1n) is 8.18. The predicted octanol–water partition coefficient (Wildman–Crippen LogP) is 4.76. The van der Waals surface area contributed by atoms with Gasteiger partial charge in [-0.3, -0.25) is 0 Å². The highest BCUT2D eigenvalue weighted by Crippen LogP contribution is 2.43. The maximum atomic E-state index is 12.7. The van der Waals surface area contributed by atoms with Crippen molar-refractivity contribution >= 4 is 20.3 Å². The van der Waals surface area contributed by atoms with Crippen molar-refractivity contribution in [2.45, 2.75) is 78.4 Å². The van der Waals surface area contributed by atoms with Crippen LogP contribution in [0.25, 0.3) is 0 Å². The van der Waals surface area contributed by atoms with Crippen LogP contribution in [0.3, 0.4) is 0 Å². The van der Waals surface area contributed by atoms with Crippen LogP contribution in [-0.2, 0) is 14.0 Å². The highest BCUT2D eigenvalue weighted by molar-refractivity contribution is 6.79. The lowest BCUT2D eigenvalue weighted by molar-refractivity contribution is -0.134.